The van der Waals surface area contributed by atoms with Crippen LogP contribution in [0.2, 0.25) is 0 Å². The van der Waals surface area contributed by atoms with E-state index in [1.54, 1.807) is 0 Å². The molecule has 0 radical (unpaired) electrons. The summed E-state index contributed by atoms with van der Waals surface area (Å²) in [5.74, 6) is 0. The van der Waals surface area contributed by atoms with Gasteiger partial charge in [-0.25, -0.2) is 0 Å². The summed E-state index contributed by atoms with van der Waals surface area (Å²) in [4.78, 5) is 2.57. The maximum absolute atomic E-state index is 5.66. The number of anilines is 1. The molecule has 0 saturated carbocycles. The fourth-order valence-corrected chi connectivity index (χ4v) is 2.74. The van der Waals surface area contributed by atoms with Crippen molar-refractivity contribution in [1.29, 1.82) is 0 Å². The molecule has 1 aromatic carbocycles. The minimum atomic E-state index is 0.637. The Kier molecular flexibility index (Phi) is 3.49. The van der Waals surface area contributed by atoms with E-state index >= 15 is 0 Å². The Morgan fingerprint density at radius 3 is 2.88 bits per heavy atom. The van der Waals surface area contributed by atoms with Gasteiger partial charge in [-0.3, -0.25) is 0 Å². The van der Waals surface area contributed by atoms with E-state index in [0.29, 0.717) is 6.54 Å². The summed E-state index contributed by atoms with van der Waals surface area (Å²) in [6.45, 7) is 6.33. The third kappa shape index (κ3) is 2.07. The molecule has 16 heavy (non-hydrogen) atoms. The van der Waals surface area contributed by atoms with Gasteiger partial charge in [0.25, 0.3) is 0 Å². The van der Waals surface area contributed by atoms with Crippen molar-refractivity contribution < 1.29 is 0 Å². The smallest absolute Gasteiger partial charge is 0.0398 e. The zero-order valence-electron chi connectivity index (χ0n) is 10.4. The second-order valence-electron chi connectivity index (χ2n) is 4.72. The van der Waals surface area contributed by atoms with Gasteiger partial charge in [0.15, 0.2) is 0 Å². The number of nitrogens with two attached hydrogens (primary N) is 1. The zero-order valence-corrected chi connectivity index (χ0v) is 10.4. The summed E-state index contributed by atoms with van der Waals surface area (Å²) in [5.41, 5.74) is 9.66. The molecule has 2 nitrogen and oxygen atoms in total. The van der Waals surface area contributed by atoms with Crippen LogP contribution in [0.25, 0.3) is 0 Å². The Labute approximate surface area is 98.4 Å². The number of nitrogens with zero attached hydrogens (tertiary/aromatic N) is 1. The van der Waals surface area contributed by atoms with Crippen LogP contribution in [0.15, 0.2) is 18.2 Å². The number of benzene rings is 1. The van der Waals surface area contributed by atoms with Gasteiger partial charge >= 0.3 is 0 Å². The predicted molar refractivity (Wildman–Crippen MR) is 69.7 cm³/mol. The highest BCUT2D eigenvalue weighted by Gasteiger charge is 2.23. The first kappa shape index (κ1) is 11.5. The van der Waals surface area contributed by atoms with Crippen LogP contribution in [0.4, 0.5) is 5.69 Å². The van der Waals surface area contributed by atoms with Gasteiger partial charge in [-0.15, -0.1) is 0 Å². The molecule has 2 rings (SSSR count). The summed E-state index contributed by atoms with van der Waals surface area (Å²) in [7, 11) is 0. The number of rotatable bonds is 3. The minimum Gasteiger partial charge on any atom is -0.368 e. The normalized spacial score (nSPS) is 20.4. The molecule has 1 saturated heterocycles. The van der Waals surface area contributed by atoms with Crippen molar-refractivity contribution in [1.82, 2.24) is 0 Å². The molecule has 1 unspecified atom stereocenters. The van der Waals surface area contributed by atoms with E-state index in [-0.39, 0.29) is 0 Å². The third-order valence-electron chi connectivity index (χ3n) is 3.65. The fraction of sp³-hybridized carbons (Fsp3) is 0.571. The fourth-order valence-electron chi connectivity index (χ4n) is 2.74. The van der Waals surface area contributed by atoms with Crippen molar-refractivity contribution in [2.45, 2.75) is 45.7 Å². The largest absolute Gasteiger partial charge is 0.368 e. The average molecular weight is 218 g/mol. The summed E-state index contributed by atoms with van der Waals surface area (Å²) < 4.78 is 0. The van der Waals surface area contributed by atoms with Crippen LogP contribution in [0.3, 0.4) is 0 Å². The monoisotopic (exact) mass is 218 g/mol. The molecule has 0 aliphatic carbocycles. The van der Waals surface area contributed by atoms with Crippen molar-refractivity contribution >= 4 is 5.69 Å². The highest BCUT2D eigenvalue weighted by molar-refractivity contribution is 5.55. The Balaban J connectivity index is 2.26. The number of aryl methyl sites for hydroxylation is 1. The Morgan fingerprint density at radius 2 is 2.25 bits per heavy atom. The Bertz CT molecular complexity index is 360. The van der Waals surface area contributed by atoms with E-state index in [0.717, 1.165) is 6.04 Å². The van der Waals surface area contributed by atoms with Gasteiger partial charge in [0.05, 0.1) is 0 Å². The van der Waals surface area contributed by atoms with Crippen LogP contribution < -0.4 is 10.6 Å². The molecule has 1 atom stereocenters. The van der Waals surface area contributed by atoms with Gasteiger partial charge in [0.2, 0.25) is 0 Å². The molecule has 1 aliphatic heterocycles. The van der Waals surface area contributed by atoms with E-state index in [1.807, 2.05) is 0 Å². The molecule has 1 heterocycles. The Hall–Kier alpha value is -1.02. The van der Waals surface area contributed by atoms with Crippen LogP contribution in [0, 0.1) is 6.92 Å². The molecule has 0 aromatic heterocycles. The van der Waals surface area contributed by atoms with Crippen LogP contribution in [0.5, 0.6) is 0 Å². The molecule has 0 bridgehead atoms. The molecule has 1 aliphatic rings. The van der Waals surface area contributed by atoms with Crippen molar-refractivity contribution in [2.24, 2.45) is 5.73 Å². The van der Waals surface area contributed by atoms with Gasteiger partial charge < -0.3 is 10.6 Å². The molecule has 1 aromatic rings. The average Bonchev–Trinajstić information content (AvgIpc) is 2.76. The summed E-state index contributed by atoms with van der Waals surface area (Å²) in [6, 6.07) is 7.36. The third-order valence-corrected chi connectivity index (χ3v) is 3.65. The van der Waals surface area contributed by atoms with E-state index < -0.39 is 0 Å². The lowest BCUT2D eigenvalue weighted by Gasteiger charge is -2.27. The van der Waals surface area contributed by atoms with Crippen molar-refractivity contribution in [3.63, 3.8) is 0 Å². The number of hydrogen-bond donors (Lipinski definition) is 1. The standard InChI is InChI=1S/C14H22N2/c1-3-13-5-4-8-16(13)14-7-6-12(10-15)9-11(14)2/h6-7,9,13H,3-5,8,10,15H2,1-2H3. The highest BCUT2D eigenvalue weighted by Crippen LogP contribution is 2.30. The highest BCUT2D eigenvalue weighted by atomic mass is 15.2. The molecule has 88 valence electrons. The number of hydrogen-bond acceptors (Lipinski definition) is 2. The second kappa shape index (κ2) is 4.88. The van der Waals surface area contributed by atoms with Crippen molar-refractivity contribution in [2.75, 3.05) is 11.4 Å². The van der Waals surface area contributed by atoms with Crippen LogP contribution >= 0.6 is 0 Å². The topological polar surface area (TPSA) is 29.3 Å². The lowest BCUT2D eigenvalue weighted by atomic mass is 10.1. The maximum Gasteiger partial charge on any atom is 0.0398 e. The first-order valence-electron chi connectivity index (χ1n) is 6.32. The lowest BCUT2D eigenvalue weighted by Crippen LogP contribution is -2.29. The van der Waals surface area contributed by atoms with Gasteiger partial charge in [0.1, 0.15) is 0 Å². The molecule has 2 N–H and O–H groups in total. The molecule has 2 heteroatoms. The predicted octanol–water partition coefficient (Wildman–Crippen LogP) is 2.83. The first-order chi connectivity index (χ1) is 7.76. The maximum atomic E-state index is 5.66. The molecule has 0 spiro atoms. The van der Waals surface area contributed by atoms with Crippen LogP contribution in [0.1, 0.15) is 37.3 Å². The quantitative estimate of drug-likeness (QED) is 0.845. The summed E-state index contributed by atoms with van der Waals surface area (Å²) in [5, 5.41) is 0. The van der Waals surface area contributed by atoms with E-state index in [1.165, 1.54) is 42.6 Å². The second-order valence-corrected chi connectivity index (χ2v) is 4.72. The molecular formula is C14H22N2. The van der Waals surface area contributed by atoms with E-state index in [9.17, 15) is 0 Å². The zero-order chi connectivity index (χ0) is 11.5. The first-order valence-corrected chi connectivity index (χ1v) is 6.32. The molecular weight excluding hydrogens is 196 g/mol. The van der Waals surface area contributed by atoms with Crippen LogP contribution in [-0.4, -0.2) is 12.6 Å². The van der Waals surface area contributed by atoms with Crippen molar-refractivity contribution in [3.8, 4) is 0 Å². The molecule has 1 fully saturated rings. The van der Waals surface area contributed by atoms with Gasteiger partial charge in [0, 0.05) is 24.8 Å². The van der Waals surface area contributed by atoms with E-state index in [4.69, 9.17) is 5.73 Å². The minimum absolute atomic E-state index is 0.637. The van der Waals surface area contributed by atoms with E-state index in [2.05, 4.69) is 36.9 Å². The van der Waals surface area contributed by atoms with Gasteiger partial charge in [-0.2, -0.15) is 0 Å². The molecule has 0 amide bonds. The summed E-state index contributed by atoms with van der Waals surface area (Å²) >= 11 is 0. The van der Waals surface area contributed by atoms with Gasteiger partial charge in [-0.05, 0) is 43.4 Å². The van der Waals surface area contributed by atoms with Crippen LogP contribution in [-0.2, 0) is 6.54 Å². The van der Waals surface area contributed by atoms with Crippen molar-refractivity contribution in [3.05, 3.63) is 29.3 Å². The SMILES string of the molecule is CCC1CCCN1c1ccc(CN)cc1C. The van der Waals surface area contributed by atoms with Gasteiger partial charge in [-0.1, -0.05) is 19.1 Å². The lowest BCUT2D eigenvalue weighted by molar-refractivity contribution is 0.644. The summed E-state index contributed by atoms with van der Waals surface area (Å²) in [6.07, 6.45) is 3.92. The Morgan fingerprint density at radius 1 is 1.44 bits per heavy atom.